The van der Waals surface area contributed by atoms with E-state index >= 15 is 0 Å². The standard InChI is InChI=1S/C66H52N2/c1-65(2)62-44-55(67(52-25-11-6-12-26-52)53-32-30-48(31-33-53)46-18-7-4-8-19-46)34-36-59(62)60-37-35-56(45-63(60)65)68(64-43-50-22-13-14-27-57(50)58-28-15-16-29-61(58)64)54-38-40-66(3,41-39-54)51-24-17-23-49(42-51)47-20-9-5-10-21-47/h4-40,42-45H,41H2,1-3H3. The van der Waals surface area contributed by atoms with Crippen molar-refractivity contribution in [2.75, 3.05) is 9.80 Å². The molecular formula is C66H52N2. The van der Waals surface area contributed by atoms with Crippen LogP contribution in [-0.4, -0.2) is 0 Å². The van der Waals surface area contributed by atoms with E-state index in [9.17, 15) is 0 Å². The molecule has 10 aromatic carbocycles. The van der Waals surface area contributed by atoms with Crippen molar-refractivity contribution in [1.29, 1.82) is 0 Å². The summed E-state index contributed by atoms with van der Waals surface area (Å²) in [4.78, 5) is 4.91. The zero-order valence-corrected chi connectivity index (χ0v) is 38.8. The maximum Gasteiger partial charge on any atom is 0.0546 e. The number of fused-ring (bicyclic) bond motifs is 6. The molecule has 326 valence electrons. The minimum Gasteiger partial charge on any atom is -0.310 e. The smallest absolute Gasteiger partial charge is 0.0546 e. The molecule has 0 spiro atoms. The van der Waals surface area contributed by atoms with E-state index in [0.29, 0.717) is 0 Å². The van der Waals surface area contributed by atoms with Crippen LogP contribution >= 0.6 is 0 Å². The first-order valence-electron chi connectivity index (χ1n) is 23.9. The second kappa shape index (κ2) is 16.6. The summed E-state index contributed by atoms with van der Waals surface area (Å²) in [5.41, 5.74) is 17.9. The van der Waals surface area contributed by atoms with Crippen molar-refractivity contribution in [3.63, 3.8) is 0 Å². The molecule has 0 bridgehead atoms. The fraction of sp³-hybridized carbons (Fsp3) is 0.0909. The molecule has 2 aliphatic carbocycles. The number of anilines is 5. The summed E-state index contributed by atoms with van der Waals surface area (Å²) in [7, 11) is 0. The van der Waals surface area contributed by atoms with Crippen LogP contribution in [0, 0.1) is 0 Å². The molecule has 2 heteroatoms. The zero-order valence-electron chi connectivity index (χ0n) is 38.8. The monoisotopic (exact) mass is 872 g/mol. The molecule has 2 nitrogen and oxygen atoms in total. The van der Waals surface area contributed by atoms with Gasteiger partial charge in [-0.2, -0.15) is 0 Å². The SMILES string of the molecule is CC1(c2cccc(-c3ccccc3)c2)C=CC(N(c2ccc3c(c2)C(C)(C)c2cc(N(c4ccccc4)c4ccc(-c5ccccc5)cc4)ccc2-3)c2cc3ccccc3c3ccccc23)=CC1. The van der Waals surface area contributed by atoms with E-state index in [1.165, 1.54) is 83.0 Å². The highest BCUT2D eigenvalue weighted by Gasteiger charge is 2.37. The maximum absolute atomic E-state index is 2.52. The van der Waals surface area contributed by atoms with Crippen LogP contribution in [0.4, 0.5) is 28.4 Å². The van der Waals surface area contributed by atoms with Crippen LogP contribution in [0.3, 0.4) is 0 Å². The number of benzene rings is 10. The number of hydrogen-bond acceptors (Lipinski definition) is 2. The van der Waals surface area contributed by atoms with Gasteiger partial charge in [-0.25, -0.2) is 0 Å². The van der Waals surface area contributed by atoms with Gasteiger partial charge in [0.15, 0.2) is 0 Å². The summed E-state index contributed by atoms with van der Waals surface area (Å²) in [6.45, 7) is 7.17. The Morgan fingerprint density at radius 2 is 0.897 bits per heavy atom. The van der Waals surface area contributed by atoms with Crippen LogP contribution in [0.15, 0.2) is 254 Å². The van der Waals surface area contributed by atoms with Crippen LogP contribution in [0.2, 0.25) is 0 Å². The minimum atomic E-state index is -0.271. The van der Waals surface area contributed by atoms with Gasteiger partial charge in [0.25, 0.3) is 0 Å². The Kier molecular flexibility index (Phi) is 10.1. The molecule has 0 fully saturated rings. The van der Waals surface area contributed by atoms with Crippen LogP contribution in [0.1, 0.15) is 43.9 Å². The second-order valence-corrected chi connectivity index (χ2v) is 19.2. The second-order valence-electron chi connectivity index (χ2n) is 19.2. The van der Waals surface area contributed by atoms with Crippen LogP contribution in [0.25, 0.3) is 54.9 Å². The lowest BCUT2D eigenvalue weighted by Gasteiger charge is -2.35. The Morgan fingerprint density at radius 3 is 1.54 bits per heavy atom. The van der Waals surface area contributed by atoms with Crippen molar-refractivity contribution >= 4 is 50.0 Å². The lowest BCUT2D eigenvalue weighted by molar-refractivity contribution is 0.595. The summed E-state index contributed by atoms with van der Waals surface area (Å²) in [6, 6.07) is 84.5. The number of nitrogens with zero attached hydrogens (tertiary/aromatic N) is 2. The summed E-state index contributed by atoms with van der Waals surface area (Å²) < 4.78 is 0. The van der Waals surface area contributed by atoms with Gasteiger partial charge in [0.05, 0.1) is 5.69 Å². The Hall–Kier alpha value is -8.20. The molecule has 1 atom stereocenters. The Labute approximate surface area is 400 Å². The maximum atomic E-state index is 2.52. The van der Waals surface area contributed by atoms with Crippen molar-refractivity contribution in [3.8, 4) is 33.4 Å². The minimum absolute atomic E-state index is 0.164. The van der Waals surface area contributed by atoms with Gasteiger partial charge in [0, 0.05) is 44.7 Å². The van der Waals surface area contributed by atoms with Gasteiger partial charge >= 0.3 is 0 Å². The highest BCUT2D eigenvalue weighted by atomic mass is 15.2. The number of para-hydroxylation sites is 1. The largest absolute Gasteiger partial charge is 0.310 e. The molecule has 0 N–H and O–H groups in total. The molecule has 0 aromatic heterocycles. The van der Waals surface area contributed by atoms with Gasteiger partial charge in [-0.05, 0) is 133 Å². The van der Waals surface area contributed by atoms with Gasteiger partial charge in [-0.15, -0.1) is 0 Å². The Bertz CT molecular complexity index is 3570. The third kappa shape index (κ3) is 7.12. The zero-order chi connectivity index (χ0) is 45.8. The van der Waals surface area contributed by atoms with E-state index in [0.717, 1.165) is 29.2 Å². The molecule has 0 saturated heterocycles. The summed E-state index contributed by atoms with van der Waals surface area (Å²) in [5, 5.41) is 4.99. The van der Waals surface area contributed by atoms with Crippen molar-refractivity contribution in [2.45, 2.75) is 38.0 Å². The highest BCUT2D eigenvalue weighted by Crippen LogP contribution is 2.53. The Morgan fingerprint density at radius 1 is 0.382 bits per heavy atom. The van der Waals surface area contributed by atoms with Crippen molar-refractivity contribution in [2.24, 2.45) is 0 Å². The predicted molar refractivity (Wildman–Crippen MR) is 289 cm³/mol. The quantitative estimate of drug-likeness (QED) is 0.133. The van der Waals surface area contributed by atoms with Crippen LogP contribution < -0.4 is 9.80 Å². The molecule has 1 unspecified atom stereocenters. The molecule has 12 rings (SSSR count). The van der Waals surface area contributed by atoms with Gasteiger partial charge in [-0.1, -0.05) is 209 Å². The molecule has 0 amide bonds. The van der Waals surface area contributed by atoms with E-state index in [2.05, 4.69) is 279 Å². The van der Waals surface area contributed by atoms with Crippen molar-refractivity contribution in [1.82, 2.24) is 0 Å². The van der Waals surface area contributed by atoms with Gasteiger partial charge in [0.2, 0.25) is 0 Å². The number of rotatable bonds is 9. The summed E-state index contributed by atoms with van der Waals surface area (Å²) in [5.74, 6) is 0. The molecule has 10 aromatic rings. The van der Waals surface area contributed by atoms with E-state index in [-0.39, 0.29) is 10.8 Å². The first-order chi connectivity index (χ1) is 33.3. The van der Waals surface area contributed by atoms with Crippen molar-refractivity contribution < 1.29 is 0 Å². The first kappa shape index (κ1) is 41.2. The van der Waals surface area contributed by atoms with Crippen LogP contribution in [-0.2, 0) is 10.8 Å². The lowest BCUT2D eigenvalue weighted by atomic mass is 9.76. The molecule has 2 aliphatic rings. The average molecular weight is 873 g/mol. The van der Waals surface area contributed by atoms with E-state index in [1.807, 2.05) is 0 Å². The molecule has 0 radical (unpaired) electrons. The van der Waals surface area contributed by atoms with Crippen molar-refractivity contribution in [3.05, 3.63) is 271 Å². The van der Waals surface area contributed by atoms with E-state index in [4.69, 9.17) is 0 Å². The third-order valence-electron chi connectivity index (χ3n) is 14.6. The predicted octanol–water partition coefficient (Wildman–Crippen LogP) is 18.0. The topological polar surface area (TPSA) is 6.48 Å². The van der Waals surface area contributed by atoms with Gasteiger partial charge < -0.3 is 9.80 Å². The fourth-order valence-corrected chi connectivity index (χ4v) is 10.9. The molecule has 0 aliphatic heterocycles. The summed E-state index contributed by atoms with van der Waals surface area (Å²) in [6.07, 6.45) is 8.14. The van der Waals surface area contributed by atoms with E-state index < -0.39 is 0 Å². The summed E-state index contributed by atoms with van der Waals surface area (Å²) >= 11 is 0. The third-order valence-corrected chi connectivity index (χ3v) is 14.6. The normalized spacial score (nSPS) is 15.7. The number of allylic oxidation sites excluding steroid dienone is 3. The average Bonchev–Trinajstić information content (AvgIpc) is 3.62. The fourth-order valence-electron chi connectivity index (χ4n) is 10.9. The molecule has 68 heavy (non-hydrogen) atoms. The Balaban J connectivity index is 0.953. The number of hydrogen-bond donors (Lipinski definition) is 0. The highest BCUT2D eigenvalue weighted by molar-refractivity contribution is 6.14. The van der Waals surface area contributed by atoms with Gasteiger partial charge in [-0.3, -0.25) is 0 Å². The lowest BCUT2D eigenvalue weighted by Crippen LogP contribution is -2.25. The molecule has 0 heterocycles. The molecule has 0 saturated carbocycles. The van der Waals surface area contributed by atoms with Crippen LogP contribution in [0.5, 0.6) is 0 Å². The first-order valence-corrected chi connectivity index (χ1v) is 23.9. The van der Waals surface area contributed by atoms with E-state index in [1.54, 1.807) is 0 Å². The molecular weight excluding hydrogens is 821 g/mol. The van der Waals surface area contributed by atoms with Gasteiger partial charge in [0.1, 0.15) is 0 Å².